The molecule has 0 atom stereocenters. The Kier molecular flexibility index (Phi) is 9.47. The molecule has 0 aromatic carbocycles. The van der Waals surface area contributed by atoms with Crippen LogP contribution in [-0.4, -0.2) is 11.9 Å². The van der Waals surface area contributed by atoms with Crippen LogP contribution < -0.4 is 5.32 Å². The highest BCUT2D eigenvalue weighted by Crippen LogP contribution is 1.75. The zero-order valence-electron chi connectivity index (χ0n) is 6.61. The summed E-state index contributed by atoms with van der Waals surface area (Å²) in [6, 6.07) is 0.209. The van der Waals surface area contributed by atoms with Crippen LogP contribution in [0.2, 0.25) is 0 Å². The van der Waals surface area contributed by atoms with Gasteiger partial charge in [-0.2, -0.15) is 0 Å². The summed E-state index contributed by atoms with van der Waals surface area (Å²) in [4.78, 5) is 11.9. The van der Waals surface area contributed by atoms with Crippen LogP contribution in [0, 0.1) is 0 Å². The van der Waals surface area contributed by atoms with E-state index < -0.39 is 0 Å². The third-order valence-electron chi connectivity index (χ3n) is 0.616. The average Bonchev–Trinajstić information content (AvgIpc) is 1.88. The van der Waals surface area contributed by atoms with Crippen LogP contribution in [0.3, 0.4) is 0 Å². The van der Waals surface area contributed by atoms with Crippen molar-refractivity contribution in [2.45, 2.75) is 19.9 Å². The number of amides is 1. The molecule has 0 radical (unpaired) electrons. The molecule has 0 unspecified atom stereocenters. The molecule has 0 bridgehead atoms. The van der Waals surface area contributed by atoms with Gasteiger partial charge in [-0.05, 0) is 19.9 Å². The first kappa shape index (κ1) is 12.2. The van der Waals surface area contributed by atoms with Crippen LogP contribution in [0.25, 0.3) is 16.0 Å². The summed E-state index contributed by atoms with van der Waals surface area (Å²) in [7, 11) is 0. The highest BCUT2D eigenvalue weighted by molar-refractivity contribution is 5.86. The van der Waals surface area contributed by atoms with Gasteiger partial charge in [-0.1, -0.05) is 6.58 Å². The van der Waals surface area contributed by atoms with Crippen LogP contribution in [0.4, 0.5) is 0 Å². The lowest BCUT2D eigenvalue weighted by molar-refractivity contribution is -0.116. The minimum Gasteiger partial charge on any atom is -0.373 e. The molecule has 0 aromatic rings. The van der Waals surface area contributed by atoms with E-state index in [1.165, 1.54) is 11.0 Å². The summed E-state index contributed by atoms with van der Waals surface area (Å²) in [6.45, 7) is 7.11. The van der Waals surface area contributed by atoms with Crippen LogP contribution in [0.15, 0.2) is 12.7 Å². The first-order chi connectivity index (χ1) is 5.08. The van der Waals surface area contributed by atoms with Gasteiger partial charge >= 0.3 is 0 Å². The van der Waals surface area contributed by atoms with Gasteiger partial charge in [0.1, 0.15) is 0 Å². The predicted molar refractivity (Wildman–Crippen MR) is 43.6 cm³/mol. The van der Waals surface area contributed by atoms with Gasteiger partial charge in [0.25, 0.3) is 0 Å². The monoisotopic (exact) mass is 155 g/mol. The first-order valence-corrected chi connectivity index (χ1v) is 2.99. The normalized spacial score (nSPS) is 7.18. The number of hydrogen-bond acceptors (Lipinski definition) is 1. The van der Waals surface area contributed by atoms with Crippen molar-refractivity contribution in [2.24, 2.45) is 0 Å². The Labute approximate surface area is 65.5 Å². The summed E-state index contributed by atoms with van der Waals surface area (Å²) >= 11 is 0. The van der Waals surface area contributed by atoms with Crippen molar-refractivity contribution >= 4 is 5.91 Å². The van der Waals surface area contributed by atoms with Crippen LogP contribution in [-0.2, 0) is 4.79 Å². The van der Waals surface area contributed by atoms with Crippen LogP contribution in [0.5, 0.6) is 0 Å². The lowest BCUT2D eigenvalue weighted by Gasteiger charge is -2.02. The maximum absolute atomic E-state index is 10.4. The Morgan fingerprint density at radius 3 is 2.09 bits per heavy atom. The van der Waals surface area contributed by atoms with Crippen LogP contribution >= 0.6 is 0 Å². The van der Waals surface area contributed by atoms with Gasteiger partial charge in [0.2, 0.25) is 5.91 Å². The second kappa shape index (κ2) is 8.52. The molecular weight excluding hydrogens is 144 g/mol. The van der Waals surface area contributed by atoms with Crippen molar-refractivity contribution in [1.29, 1.82) is 0 Å². The van der Waals surface area contributed by atoms with Crippen molar-refractivity contribution in [2.75, 3.05) is 0 Å². The molecule has 0 aliphatic heterocycles. The molecule has 0 aliphatic carbocycles. The van der Waals surface area contributed by atoms with E-state index in [-0.39, 0.29) is 11.9 Å². The van der Waals surface area contributed by atoms with E-state index in [1.54, 1.807) is 0 Å². The summed E-state index contributed by atoms with van der Waals surface area (Å²) in [5.41, 5.74) is 13.5. The number of carbonyl (C=O) groups is 1. The Balaban J connectivity index is 0. The lowest BCUT2D eigenvalue weighted by atomic mass is 10.4. The minimum atomic E-state index is -0.111. The average molecular weight is 155 g/mol. The highest BCUT2D eigenvalue weighted by atomic mass is 16.1. The van der Waals surface area contributed by atoms with E-state index in [4.69, 9.17) is 11.1 Å². The van der Waals surface area contributed by atoms with Gasteiger partial charge < -0.3 is 16.4 Å². The topological polar surface area (TPSA) is 87.8 Å². The molecule has 5 nitrogen and oxygen atoms in total. The van der Waals surface area contributed by atoms with Gasteiger partial charge in [-0.3, -0.25) is 9.71 Å². The SMILES string of the molecule is C=CC(=O)NC(C)C.[N-]=[N+]=[N-]. The molecule has 0 saturated carbocycles. The van der Waals surface area contributed by atoms with Gasteiger partial charge in [-0.15, -0.1) is 0 Å². The molecule has 62 valence electrons. The molecule has 1 amide bonds. The maximum atomic E-state index is 10.4. The summed E-state index contributed by atoms with van der Waals surface area (Å²) in [6.07, 6.45) is 1.26. The largest absolute Gasteiger partial charge is 0.373 e. The fourth-order valence-corrected chi connectivity index (χ4v) is 0.343. The Morgan fingerprint density at radius 2 is 2.00 bits per heavy atom. The molecule has 0 saturated heterocycles. The second-order valence-corrected chi connectivity index (χ2v) is 1.96. The van der Waals surface area contributed by atoms with Crippen molar-refractivity contribution in [3.05, 3.63) is 28.6 Å². The molecule has 11 heavy (non-hydrogen) atoms. The maximum Gasteiger partial charge on any atom is 0.243 e. The quantitative estimate of drug-likeness (QED) is 0.279. The van der Waals surface area contributed by atoms with Crippen molar-refractivity contribution < 1.29 is 4.79 Å². The first-order valence-electron chi connectivity index (χ1n) is 2.99. The minimum absolute atomic E-state index is 0.111. The number of carbonyl (C=O) groups excluding carboxylic acids is 1. The third-order valence-corrected chi connectivity index (χ3v) is 0.616. The molecule has 0 rings (SSSR count). The number of nitrogens with one attached hydrogen (secondary N) is 1. The lowest BCUT2D eigenvalue weighted by Crippen LogP contribution is -2.27. The predicted octanol–water partition coefficient (Wildman–Crippen LogP) is 1.56. The third kappa shape index (κ3) is 17.7. The molecule has 0 spiro atoms. The zero-order valence-corrected chi connectivity index (χ0v) is 6.61. The number of hydrogen-bond donors (Lipinski definition) is 1. The Morgan fingerprint density at radius 1 is 1.64 bits per heavy atom. The molecular formula is C6H11N4O-. The molecule has 1 N–H and O–H groups in total. The highest BCUT2D eigenvalue weighted by Gasteiger charge is 1.93. The van der Waals surface area contributed by atoms with E-state index in [2.05, 4.69) is 11.9 Å². The standard InChI is InChI=1S/C6H11NO.N3/c1-4-6(8)7-5(2)3;1-3-2/h4-5H,1H2,2-3H3,(H,7,8);/q;-1. The summed E-state index contributed by atoms with van der Waals surface area (Å²) in [5.74, 6) is -0.111. The van der Waals surface area contributed by atoms with Gasteiger partial charge in [-0.25, -0.2) is 0 Å². The van der Waals surface area contributed by atoms with E-state index in [0.717, 1.165) is 0 Å². The van der Waals surface area contributed by atoms with Crippen molar-refractivity contribution in [3.63, 3.8) is 0 Å². The van der Waals surface area contributed by atoms with Crippen molar-refractivity contribution in [3.8, 4) is 0 Å². The molecule has 5 heteroatoms. The van der Waals surface area contributed by atoms with Crippen molar-refractivity contribution in [1.82, 2.24) is 5.32 Å². The van der Waals surface area contributed by atoms with Crippen LogP contribution in [0.1, 0.15) is 13.8 Å². The van der Waals surface area contributed by atoms with Gasteiger partial charge in [0.15, 0.2) is 0 Å². The fraction of sp³-hybridized carbons (Fsp3) is 0.500. The van der Waals surface area contributed by atoms with E-state index in [0.29, 0.717) is 0 Å². The van der Waals surface area contributed by atoms with E-state index in [9.17, 15) is 4.79 Å². The fourth-order valence-electron chi connectivity index (χ4n) is 0.343. The second-order valence-electron chi connectivity index (χ2n) is 1.96. The van der Waals surface area contributed by atoms with Gasteiger partial charge in [0, 0.05) is 6.04 Å². The number of rotatable bonds is 2. The van der Waals surface area contributed by atoms with E-state index >= 15 is 0 Å². The molecule has 0 aromatic heterocycles. The molecule has 0 fully saturated rings. The van der Waals surface area contributed by atoms with Gasteiger partial charge in [0.05, 0.1) is 0 Å². The Bertz CT molecular complexity index is 158. The molecule has 0 heterocycles. The molecule has 0 aliphatic rings. The zero-order chi connectivity index (χ0) is 9.28. The summed E-state index contributed by atoms with van der Waals surface area (Å²) in [5, 5.41) is 2.64. The summed E-state index contributed by atoms with van der Waals surface area (Å²) < 4.78 is 0. The van der Waals surface area contributed by atoms with E-state index in [1.807, 2.05) is 13.8 Å². The number of nitrogens with zero attached hydrogens (tertiary/aromatic N) is 3. The Hall–Kier alpha value is -1.48. The smallest absolute Gasteiger partial charge is 0.243 e.